The summed E-state index contributed by atoms with van der Waals surface area (Å²) in [6, 6.07) is 19.6. The SMILES string of the molecule is Cc1cccc(-n2nc(C(=O)N(Cc3ccccn3)c3ccccc3O)c(O)cc2=O)c1. The maximum Gasteiger partial charge on any atom is 0.283 e. The summed E-state index contributed by atoms with van der Waals surface area (Å²) in [5.74, 6) is -1.37. The van der Waals surface area contributed by atoms with Crippen LogP contribution in [0.25, 0.3) is 5.69 Å². The quantitative estimate of drug-likeness (QED) is 0.505. The van der Waals surface area contributed by atoms with Gasteiger partial charge in [-0.3, -0.25) is 19.5 Å². The van der Waals surface area contributed by atoms with Crippen LogP contribution in [0, 0.1) is 6.92 Å². The summed E-state index contributed by atoms with van der Waals surface area (Å²) in [5.41, 5.74) is 1.24. The zero-order valence-electron chi connectivity index (χ0n) is 17.2. The molecule has 0 radical (unpaired) electrons. The molecule has 0 aliphatic heterocycles. The molecule has 0 fully saturated rings. The number of nitrogens with zero attached hydrogens (tertiary/aromatic N) is 4. The Kier molecular flexibility index (Phi) is 5.67. The number of carbonyl (C=O) groups is 1. The van der Waals surface area contributed by atoms with Crippen molar-refractivity contribution in [1.29, 1.82) is 0 Å². The number of para-hydroxylation sites is 2. The molecule has 4 rings (SSSR count). The average molecular weight is 428 g/mol. The standard InChI is InChI=1S/C24H20N4O4/c1-16-7-6-9-18(13-16)28-22(31)14-21(30)23(26-28)24(32)27(15-17-8-4-5-12-25-17)19-10-2-3-11-20(19)29/h2-14,29-30H,15H2,1H3. The van der Waals surface area contributed by atoms with Crippen LogP contribution < -0.4 is 10.5 Å². The molecule has 160 valence electrons. The summed E-state index contributed by atoms with van der Waals surface area (Å²) >= 11 is 0. The first kappa shape index (κ1) is 20.8. The van der Waals surface area contributed by atoms with Gasteiger partial charge in [-0.15, -0.1) is 0 Å². The lowest BCUT2D eigenvalue weighted by Gasteiger charge is -2.23. The molecule has 2 aromatic carbocycles. The fourth-order valence-electron chi connectivity index (χ4n) is 3.28. The molecule has 2 N–H and O–H groups in total. The molecule has 1 amide bonds. The monoisotopic (exact) mass is 428 g/mol. The normalized spacial score (nSPS) is 10.7. The molecule has 0 atom stereocenters. The van der Waals surface area contributed by atoms with E-state index in [2.05, 4.69) is 10.1 Å². The maximum atomic E-state index is 13.5. The number of benzene rings is 2. The maximum absolute atomic E-state index is 13.5. The van der Waals surface area contributed by atoms with Crippen LogP contribution >= 0.6 is 0 Å². The third-order valence-electron chi connectivity index (χ3n) is 4.82. The highest BCUT2D eigenvalue weighted by Gasteiger charge is 2.26. The van der Waals surface area contributed by atoms with E-state index >= 15 is 0 Å². The van der Waals surface area contributed by atoms with E-state index in [1.165, 1.54) is 11.0 Å². The van der Waals surface area contributed by atoms with E-state index in [0.717, 1.165) is 16.3 Å². The minimum atomic E-state index is -0.698. The second-order valence-corrected chi connectivity index (χ2v) is 7.17. The van der Waals surface area contributed by atoms with Gasteiger partial charge in [-0.2, -0.15) is 9.78 Å². The molecule has 0 spiro atoms. The van der Waals surface area contributed by atoms with Gasteiger partial charge in [0, 0.05) is 12.3 Å². The first-order valence-corrected chi connectivity index (χ1v) is 9.84. The number of aromatic nitrogens is 3. The van der Waals surface area contributed by atoms with E-state index in [4.69, 9.17) is 0 Å². The number of phenols is 1. The molecule has 32 heavy (non-hydrogen) atoms. The molecule has 8 heteroatoms. The number of hydrogen-bond donors (Lipinski definition) is 2. The molecule has 2 heterocycles. The number of aromatic hydroxyl groups is 2. The molecule has 0 bridgehead atoms. The Balaban J connectivity index is 1.82. The van der Waals surface area contributed by atoms with Crippen molar-refractivity contribution in [1.82, 2.24) is 14.8 Å². The lowest BCUT2D eigenvalue weighted by atomic mass is 10.2. The number of phenolic OH excluding ortho intramolecular Hbond substituents is 1. The molecule has 2 aromatic heterocycles. The van der Waals surface area contributed by atoms with Crippen LogP contribution in [0.15, 0.2) is 83.8 Å². The van der Waals surface area contributed by atoms with Crippen molar-refractivity contribution < 1.29 is 15.0 Å². The predicted molar refractivity (Wildman–Crippen MR) is 119 cm³/mol. The van der Waals surface area contributed by atoms with Gasteiger partial charge in [-0.25, -0.2) is 0 Å². The minimum Gasteiger partial charge on any atom is -0.506 e. The van der Waals surface area contributed by atoms with Gasteiger partial charge in [0.25, 0.3) is 11.5 Å². The van der Waals surface area contributed by atoms with E-state index in [0.29, 0.717) is 11.4 Å². The first-order valence-electron chi connectivity index (χ1n) is 9.84. The van der Waals surface area contributed by atoms with Crippen LogP contribution in [-0.4, -0.2) is 30.9 Å². The molecular weight excluding hydrogens is 408 g/mol. The van der Waals surface area contributed by atoms with Crippen LogP contribution in [0.4, 0.5) is 5.69 Å². The van der Waals surface area contributed by atoms with Crippen LogP contribution in [0.1, 0.15) is 21.7 Å². The number of rotatable bonds is 5. The van der Waals surface area contributed by atoms with Crippen molar-refractivity contribution in [3.05, 3.63) is 106 Å². The number of pyridine rings is 1. The molecule has 0 aliphatic rings. The summed E-state index contributed by atoms with van der Waals surface area (Å²) in [6.07, 6.45) is 1.59. The number of hydrogen-bond acceptors (Lipinski definition) is 6. The van der Waals surface area contributed by atoms with Gasteiger partial charge in [-0.1, -0.05) is 30.3 Å². The van der Waals surface area contributed by atoms with Gasteiger partial charge >= 0.3 is 0 Å². The molecule has 0 saturated carbocycles. The second kappa shape index (κ2) is 8.73. The van der Waals surface area contributed by atoms with Crippen molar-refractivity contribution in [2.45, 2.75) is 13.5 Å². The van der Waals surface area contributed by atoms with Crippen molar-refractivity contribution >= 4 is 11.6 Å². The number of anilines is 1. The van der Waals surface area contributed by atoms with E-state index in [1.807, 2.05) is 13.0 Å². The van der Waals surface area contributed by atoms with E-state index in [9.17, 15) is 19.8 Å². The molecule has 0 saturated heterocycles. The van der Waals surface area contributed by atoms with E-state index in [1.54, 1.807) is 60.8 Å². The van der Waals surface area contributed by atoms with Crippen molar-refractivity contribution in [2.75, 3.05) is 4.90 Å². The van der Waals surface area contributed by atoms with E-state index in [-0.39, 0.29) is 23.7 Å². The van der Waals surface area contributed by atoms with Crippen LogP contribution in [-0.2, 0) is 6.54 Å². The van der Waals surface area contributed by atoms with Crippen LogP contribution in [0.2, 0.25) is 0 Å². The number of carbonyl (C=O) groups excluding carboxylic acids is 1. The minimum absolute atomic E-state index is 0.0158. The summed E-state index contributed by atoms with van der Waals surface area (Å²) in [7, 11) is 0. The smallest absolute Gasteiger partial charge is 0.283 e. The van der Waals surface area contributed by atoms with Gasteiger partial charge < -0.3 is 10.2 Å². The highest BCUT2D eigenvalue weighted by atomic mass is 16.3. The zero-order chi connectivity index (χ0) is 22.7. The Bertz CT molecular complexity index is 1340. The third kappa shape index (κ3) is 4.20. The van der Waals surface area contributed by atoms with Gasteiger partial charge in [0.2, 0.25) is 0 Å². The second-order valence-electron chi connectivity index (χ2n) is 7.17. The Morgan fingerprint density at radius 2 is 1.75 bits per heavy atom. The topological polar surface area (TPSA) is 109 Å². The van der Waals surface area contributed by atoms with Gasteiger partial charge in [0.1, 0.15) is 5.75 Å². The molecule has 0 aliphatic carbocycles. The summed E-state index contributed by atoms with van der Waals surface area (Å²) in [4.78, 5) is 31.5. The molecule has 0 unspecified atom stereocenters. The molecular formula is C24H20N4O4. The predicted octanol–water partition coefficient (Wildman–Crippen LogP) is 3.19. The Morgan fingerprint density at radius 3 is 2.47 bits per heavy atom. The van der Waals surface area contributed by atoms with Crippen LogP contribution in [0.3, 0.4) is 0 Å². The lowest BCUT2D eigenvalue weighted by molar-refractivity contribution is 0.0974. The Hall–Kier alpha value is -4.46. The molecule has 4 aromatic rings. The fraction of sp³-hybridized carbons (Fsp3) is 0.0833. The van der Waals surface area contributed by atoms with E-state index < -0.39 is 17.2 Å². The van der Waals surface area contributed by atoms with Crippen LogP contribution in [0.5, 0.6) is 11.5 Å². The molecule has 8 nitrogen and oxygen atoms in total. The summed E-state index contributed by atoms with van der Waals surface area (Å²) in [6.45, 7) is 1.88. The van der Waals surface area contributed by atoms with Gasteiger partial charge in [0.05, 0.1) is 23.6 Å². The highest BCUT2D eigenvalue weighted by Crippen LogP contribution is 2.30. The average Bonchev–Trinajstić information content (AvgIpc) is 2.78. The van der Waals surface area contributed by atoms with Crippen molar-refractivity contribution in [3.8, 4) is 17.2 Å². The third-order valence-corrected chi connectivity index (χ3v) is 4.82. The fourth-order valence-corrected chi connectivity index (χ4v) is 3.28. The highest BCUT2D eigenvalue weighted by molar-refractivity contribution is 6.07. The largest absolute Gasteiger partial charge is 0.506 e. The Morgan fingerprint density at radius 1 is 0.969 bits per heavy atom. The number of amides is 1. The van der Waals surface area contributed by atoms with Gasteiger partial charge in [0.15, 0.2) is 11.4 Å². The number of aryl methyl sites for hydroxylation is 1. The summed E-state index contributed by atoms with van der Waals surface area (Å²) < 4.78 is 1.06. The van der Waals surface area contributed by atoms with Crippen molar-refractivity contribution in [2.24, 2.45) is 0 Å². The van der Waals surface area contributed by atoms with Gasteiger partial charge in [-0.05, 0) is 48.9 Å². The van der Waals surface area contributed by atoms with Crippen molar-refractivity contribution in [3.63, 3.8) is 0 Å². The zero-order valence-corrected chi connectivity index (χ0v) is 17.2. The first-order chi connectivity index (χ1) is 15.4. The summed E-state index contributed by atoms with van der Waals surface area (Å²) in [5, 5.41) is 25.0. The lowest BCUT2D eigenvalue weighted by Crippen LogP contribution is -2.33. The Labute approximate surface area is 183 Å².